The third kappa shape index (κ3) is 3.91. The number of carbonyl (C=O) groups excluding carboxylic acids is 1. The van der Waals surface area contributed by atoms with E-state index in [0.29, 0.717) is 17.1 Å². The number of aromatic nitrogens is 2. The molecular formula is C20H21F3N4O2. The Balaban J connectivity index is 1.57. The van der Waals surface area contributed by atoms with Gasteiger partial charge in [0.25, 0.3) is 0 Å². The molecule has 2 aliphatic rings. The van der Waals surface area contributed by atoms with Gasteiger partial charge >= 0.3 is 6.36 Å². The van der Waals surface area contributed by atoms with Crippen LogP contribution in [0, 0.1) is 6.92 Å². The fraction of sp³-hybridized carbons (Fsp3) is 0.450. The summed E-state index contributed by atoms with van der Waals surface area (Å²) < 4.78 is 40.9. The highest BCUT2D eigenvalue weighted by Gasteiger charge is 2.50. The van der Waals surface area contributed by atoms with Crippen LogP contribution >= 0.6 is 0 Å². The van der Waals surface area contributed by atoms with Crippen molar-refractivity contribution in [2.45, 2.75) is 44.1 Å². The number of hydrogen-bond donors (Lipinski definition) is 1. The molecule has 154 valence electrons. The standard InChI is InChI=1S/C20H21F3N4O2/c1-12-11-16(13-3-5-14(6-4-13)29-20(21,22)23)25-17(24-12)15-7-8-19(26-15)9-10-27(2)18(19)28/h3-6,11,15,26H,7-10H2,1-2H3/t15-,19-/m0/s1. The first-order chi connectivity index (χ1) is 13.7. The van der Waals surface area contributed by atoms with E-state index >= 15 is 0 Å². The van der Waals surface area contributed by atoms with Crippen LogP contribution in [0.5, 0.6) is 5.75 Å². The molecule has 0 bridgehead atoms. The van der Waals surface area contributed by atoms with Gasteiger partial charge in [0.05, 0.1) is 11.7 Å². The molecule has 3 heterocycles. The summed E-state index contributed by atoms with van der Waals surface area (Å²) >= 11 is 0. The molecule has 1 aromatic carbocycles. The van der Waals surface area contributed by atoms with Crippen molar-refractivity contribution in [1.82, 2.24) is 20.2 Å². The van der Waals surface area contributed by atoms with Crippen molar-refractivity contribution in [2.75, 3.05) is 13.6 Å². The second kappa shape index (κ2) is 6.98. The van der Waals surface area contributed by atoms with Crippen LogP contribution < -0.4 is 10.1 Å². The molecule has 1 spiro atoms. The highest BCUT2D eigenvalue weighted by Crippen LogP contribution is 2.38. The van der Waals surface area contributed by atoms with Gasteiger partial charge in [-0.3, -0.25) is 10.1 Å². The van der Waals surface area contributed by atoms with Gasteiger partial charge in [0.1, 0.15) is 17.1 Å². The lowest BCUT2D eigenvalue weighted by Crippen LogP contribution is -2.47. The fourth-order valence-electron chi connectivity index (χ4n) is 4.08. The van der Waals surface area contributed by atoms with Crippen molar-refractivity contribution in [3.63, 3.8) is 0 Å². The Morgan fingerprint density at radius 1 is 1.21 bits per heavy atom. The average Bonchev–Trinajstić information content (AvgIpc) is 3.21. The SMILES string of the molecule is Cc1cc(-c2ccc(OC(F)(F)F)cc2)nc([C@@H]2CC[C@@]3(CCN(C)C3=O)N2)n1. The number of aryl methyl sites for hydroxylation is 1. The van der Waals surface area contributed by atoms with Gasteiger partial charge in [0, 0.05) is 24.8 Å². The number of nitrogens with zero attached hydrogens (tertiary/aromatic N) is 3. The van der Waals surface area contributed by atoms with Crippen molar-refractivity contribution in [1.29, 1.82) is 0 Å². The first kappa shape index (κ1) is 19.6. The molecule has 2 saturated heterocycles. The summed E-state index contributed by atoms with van der Waals surface area (Å²) in [6.07, 6.45) is -2.48. The molecule has 29 heavy (non-hydrogen) atoms. The van der Waals surface area contributed by atoms with E-state index in [9.17, 15) is 18.0 Å². The number of ether oxygens (including phenoxy) is 1. The zero-order valence-electron chi connectivity index (χ0n) is 16.1. The number of amides is 1. The Bertz CT molecular complexity index is 932. The summed E-state index contributed by atoms with van der Waals surface area (Å²) in [6, 6.07) is 7.22. The van der Waals surface area contributed by atoms with Gasteiger partial charge in [-0.1, -0.05) is 0 Å². The molecule has 2 atom stereocenters. The lowest BCUT2D eigenvalue weighted by atomic mass is 9.96. The molecule has 1 N–H and O–H groups in total. The highest BCUT2D eigenvalue weighted by atomic mass is 19.4. The van der Waals surface area contributed by atoms with Gasteiger partial charge in [-0.2, -0.15) is 0 Å². The number of hydrogen-bond acceptors (Lipinski definition) is 5. The number of halogens is 3. The van der Waals surface area contributed by atoms with Gasteiger partial charge in [-0.25, -0.2) is 9.97 Å². The molecule has 0 saturated carbocycles. The van der Waals surface area contributed by atoms with Crippen LogP contribution in [0.3, 0.4) is 0 Å². The Hall–Kier alpha value is -2.68. The molecule has 0 unspecified atom stereocenters. The number of alkyl halides is 3. The van der Waals surface area contributed by atoms with E-state index in [1.54, 1.807) is 18.0 Å². The fourth-order valence-corrected chi connectivity index (χ4v) is 4.08. The predicted molar refractivity (Wildman–Crippen MR) is 99.0 cm³/mol. The van der Waals surface area contributed by atoms with Crippen LogP contribution in [0.1, 0.15) is 36.8 Å². The van der Waals surface area contributed by atoms with Crippen LogP contribution in [-0.4, -0.2) is 46.3 Å². The number of benzene rings is 1. The number of likely N-dealkylation sites (tertiary alicyclic amines) is 1. The van der Waals surface area contributed by atoms with Crippen LogP contribution in [0.4, 0.5) is 13.2 Å². The van der Waals surface area contributed by atoms with Gasteiger partial charge in [0.15, 0.2) is 0 Å². The summed E-state index contributed by atoms with van der Waals surface area (Å²) in [5.74, 6) is 0.415. The zero-order valence-corrected chi connectivity index (χ0v) is 16.1. The van der Waals surface area contributed by atoms with E-state index < -0.39 is 11.9 Å². The molecule has 0 radical (unpaired) electrons. The molecule has 2 aliphatic heterocycles. The van der Waals surface area contributed by atoms with Crippen molar-refractivity contribution in [2.24, 2.45) is 0 Å². The summed E-state index contributed by atoms with van der Waals surface area (Å²) in [5, 5.41) is 3.44. The van der Waals surface area contributed by atoms with Crippen molar-refractivity contribution in [3.05, 3.63) is 41.9 Å². The smallest absolute Gasteiger partial charge is 0.406 e. The Morgan fingerprint density at radius 2 is 1.93 bits per heavy atom. The van der Waals surface area contributed by atoms with E-state index in [0.717, 1.165) is 31.5 Å². The molecule has 4 rings (SSSR count). The Labute approximate surface area is 166 Å². The molecular weight excluding hydrogens is 385 g/mol. The predicted octanol–water partition coefficient (Wildman–Crippen LogP) is 3.38. The second-order valence-electron chi connectivity index (χ2n) is 7.62. The summed E-state index contributed by atoms with van der Waals surface area (Å²) in [7, 11) is 1.81. The van der Waals surface area contributed by atoms with E-state index in [1.807, 2.05) is 6.92 Å². The maximum absolute atomic E-state index is 12.5. The van der Waals surface area contributed by atoms with Crippen LogP contribution in [0.2, 0.25) is 0 Å². The highest BCUT2D eigenvalue weighted by molar-refractivity contribution is 5.88. The zero-order chi connectivity index (χ0) is 20.8. The van der Waals surface area contributed by atoms with Crippen molar-refractivity contribution < 1.29 is 22.7 Å². The molecule has 1 aromatic heterocycles. The maximum atomic E-state index is 12.5. The molecule has 2 fully saturated rings. The Kier molecular flexibility index (Phi) is 4.72. The summed E-state index contributed by atoms with van der Waals surface area (Å²) in [6.45, 7) is 2.57. The summed E-state index contributed by atoms with van der Waals surface area (Å²) in [5.41, 5.74) is 1.49. The minimum atomic E-state index is -4.73. The topological polar surface area (TPSA) is 67.3 Å². The van der Waals surface area contributed by atoms with E-state index in [1.165, 1.54) is 24.3 Å². The monoisotopic (exact) mass is 406 g/mol. The number of carbonyl (C=O) groups is 1. The van der Waals surface area contributed by atoms with Crippen molar-refractivity contribution >= 4 is 5.91 Å². The Morgan fingerprint density at radius 3 is 2.55 bits per heavy atom. The largest absolute Gasteiger partial charge is 0.573 e. The lowest BCUT2D eigenvalue weighted by Gasteiger charge is -2.23. The quantitative estimate of drug-likeness (QED) is 0.847. The van der Waals surface area contributed by atoms with Gasteiger partial charge in [-0.05, 0) is 56.5 Å². The lowest BCUT2D eigenvalue weighted by molar-refractivity contribution is -0.274. The van der Waals surface area contributed by atoms with Gasteiger partial charge in [0.2, 0.25) is 5.91 Å². The molecule has 6 nitrogen and oxygen atoms in total. The van der Waals surface area contributed by atoms with Gasteiger partial charge < -0.3 is 9.64 Å². The van der Waals surface area contributed by atoms with E-state index in [4.69, 9.17) is 0 Å². The van der Waals surface area contributed by atoms with Crippen LogP contribution in [-0.2, 0) is 4.79 Å². The number of likely N-dealkylation sites (N-methyl/N-ethyl adjacent to an activating group) is 1. The number of nitrogens with one attached hydrogen (secondary N) is 1. The second-order valence-corrected chi connectivity index (χ2v) is 7.62. The minimum Gasteiger partial charge on any atom is -0.406 e. The molecule has 2 aromatic rings. The van der Waals surface area contributed by atoms with Crippen LogP contribution in [0.25, 0.3) is 11.3 Å². The minimum absolute atomic E-state index is 0.105. The first-order valence-electron chi connectivity index (χ1n) is 9.40. The van der Waals surface area contributed by atoms with E-state index in [2.05, 4.69) is 20.0 Å². The number of rotatable bonds is 3. The normalized spacial score (nSPS) is 24.5. The van der Waals surface area contributed by atoms with E-state index in [-0.39, 0.29) is 17.7 Å². The average molecular weight is 406 g/mol. The van der Waals surface area contributed by atoms with Crippen LogP contribution in [0.15, 0.2) is 30.3 Å². The summed E-state index contributed by atoms with van der Waals surface area (Å²) in [4.78, 5) is 23.4. The van der Waals surface area contributed by atoms with Crippen molar-refractivity contribution in [3.8, 4) is 17.0 Å². The molecule has 9 heteroatoms. The van der Waals surface area contributed by atoms with Gasteiger partial charge in [-0.15, -0.1) is 13.2 Å². The first-order valence-corrected chi connectivity index (χ1v) is 9.40. The third-order valence-corrected chi connectivity index (χ3v) is 5.51. The molecule has 0 aliphatic carbocycles. The third-order valence-electron chi connectivity index (χ3n) is 5.51. The maximum Gasteiger partial charge on any atom is 0.573 e. The molecule has 1 amide bonds.